The zero-order valence-electron chi connectivity index (χ0n) is 10.7. The molecule has 0 radical (unpaired) electrons. The minimum Gasteiger partial charge on any atom is -0.331 e. The molecule has 1 unspecified atom stereocenters. The van der Waals surface area contributed by atoms with Crippen LogP contribution in [0.3, 0.4) is 0 Å². The second-order valence-corrected chi connectivity index (χ2v) is 4.82. The van der Waals surface area contributed by atoms with Gasteiger partial charge in [0.1, 0.15) is 5.82 Å². The van der Waals surface area contributed by atoms with E-state index >= 15 is 0 Å². The highest BCUT2D eigenvalue weighted by molar-refractivity contribution is 5.77. The quantitative estimate of drug-likeness (QED) is 0.790. The van der Waals surface area contributed by atoms with Gasteiger partial charge in [-0.3, -0.25) is 0 Å². The molecule has 0 amide bonds. The molecule has 0 fully saturated rings. The van der Waals surface area contributed by atoms with E-state index in [1.807, 2.05) is 26.1 Å². The molecular weight excluding hydrogens is 210 g/mol. The van der Waals surface area contributed by atoms with E-state index in [0.29, 0.717) is 5.92 Å². The Morgan fingerprint density at radius 3 is 2.65 bits per heavy atom. The molecule has 1 heterocycles. The van der Waals surface area contributed by atoms with E-state index in [1.165, 1.54) is 0 Å². The Balaban J connectivity index is 2.58. The summed E-state index contributed by atoms with van der Waals surface area (Å²) in [5.41, 5.74) is 3.17. The van der Waals surface area contributed by atoms with Crippen LogP contribution in [0.1, 0.15) is 31.2 Å². The van der Waals surface area contributed by atoms with Crippen molar-refractivity contribution in [2.24, 2.45) is 13.0 Å². The van der Waals surface area contributed by atoms with Crippen molar-refractivity contribution < 1.29 is 0 Å². The average molecular weight is 227 g/mol. The van der Waals surface area contributed by atoms with Gasteiger partial charge in [-0.25, -0.2) is 4.98 Å². The van der Waals surface area contributed by atoms with E-state index in [1.54, 1.807) is 0 Å². The van der Waals surface area contributed by atoms with E-state index < -0.39 is 0 Å². The first-order chi connectivity index (χ1) is 8.04. The topological polar surface area (TPSA) is 41.6 Å². The molecule has 0 saturated carbocycles. The summed E-state index contributed by atoms with van der Waals surface area (Å²) in [5.74, 6) is 1.27. The van der Waals surface area contributed by atoms with Crippen molar-refractivity contribution in [1.82, 2.24) is 9.55 Å². The summed E-state index contributed by atoms with van der Waals surface area (Å²) >= 11 is 0. The van der Waals surface area contributed by atoms with Gasteiger partial charge in [-0.05, 0) is 30.5 Å². The van der Waals surface area contributed by atoms with Crippen LogP contribution < -0.4 is 0 Å². The zero-order chi connectivity index (χ0) is 12.6. The molecule has 0 bridgehead atoms. The lowest BCUT2D eigenvalue weighted by Crippen LogP contribution is -2.04. The molecule has 0 N–H and O–H groups in total. The molecule has 88 valence electrons. The van der Waals surface area contributed by atoms with E-state index in [-0.39, 0.29) is 5.92 Å². The molecule has 2 aromatic rings. The summed E-state index contributed by atoms with van der Waals surface area (Å²) in [6.45, 7) is 6.14. The third-order valence-corrected chi connectivity index (χ3v) is 3.29. The van der Waals surface area contributed by atoms with Crippen LogP contribution in [0.25, 0.3) is 11.0 Å². The van der Waals surface area contributed by atoms with Crippen LogP contribution in [0.15, 0.2) is 18.2 Å². The number of benzene rings is 1. The van der Waals surface area contributed by atoms with Gasteiger partial charge in [-0.1, -0.05) is 19.9 Å². The highest BCUT2D eigenvalue weighted by atomic mass is 15.0. The number of aromatic nitrogens is 2. The van der Waals surface area contributed by atoms with Crippen molar-refractivity contribution in [3.05, 3.63) is 29.6 Å². The number of rotatable bonds is 2. The van der Waals surface area contributed by atoms with Gasteiger partial charge < -0.3 is 4.57 Å². The first-order valence-electron chi connectivity index (χ1n) is 5.87. The van der Waals surface area contributed by atoms with Crippen molar-refractivity contribution in [1.29, 1.82) is 5.26 Å². The maximum absolute atomic E-state index is 9.22. The fourth-order valence-corrected chi connectivity index (χ4v) is 2.13. The summed E-state index contributed by atoms with van der Waals surface area (Å²) in [6.07, 6.45) is 0. The molecule has 0 aliphatic carbocycles. The highest BCUT2D eigenvalue weighted by Crippen LogP contribution is 2.26. The van der Waals surface area contributed by atoms with Crippen molar-refractivity contribution >= 4 is 11.0 Å². The SMILES string of the molecule is Cc1nc2ccc(C(C#N)C(C)C)cc2n1C. The van der Waals surface area contributed by atoms with Crippen LogP contribution in [0, 0.1) is 24.2 Å². The summed E-state index contributed by atoms with van der Waals surface area (Å²) in [4.78, 5) is 4.46. The standard InChI is InChI=1S/C14H17N3/c1-9(2)12(8-15)11-5-6-13-14(7-11)17(4)10(3)16-13/h5-7,9,12H,1-4H3. The molecule has 3 nitrogen and oxygen atoms in total. The predicted octanol–water partition coefficient (Wildman–Crippen LogP) is 3.14. The molecule has 0 aliphatic heterocycles. The van der Waals surface area contributed by atoms with Gasteiger partial charge in [-0.15, -0.1) is 0 Å². The van der Waals surface area contributed by atoms with Crippen LogP contribution in [-0.4, -0.2) is 9.55 Å². The number of aryl methyl sites for hydroxylation is 2. The summed E-state index contributed by atoms with van der Waals surface area (Å²) in [6, 6.07) is 8.49. The number of hydrogen-bond donors (Lipinski definition) is 0. The average Bonchev–Trinajstić information content (AvgIpc) is 2.56. The first-order valence-corrected chi connectivity index (χ1v) is 5.87. The third-order valence-electron chi connectivity index (χ3n) is 3.29. The Morgan fingerprint density at radius 2 is 2.06 bits per heavy atom. The van der Waals surface area contributed by atoms with Gasteiger partial charge in [0.15, 0.2) is 0 Å². The van der Waals surface area contributed by atoms with Gasteiger partial charge in [0, 0.05) is 7.05 Å². The Morgan fingerprint density at radius 1 is 1.35 bits per heavy atom. The van der Waals surface area contributed by atoms with Crippen molar-refractivity contribution in [2.75, 3.05) is 0 Å². The molecule has 2 rings (SSSR count). The lowest BCUT2D eigenvalue weighted by molar-refractivity contribution is 0.587. The molecule has 1 atom stereocenters. The summed E-state index contributed by atoms with van der Waals surface area (Å²) < 4.78 is 2.06. The van der Waals surface area contributed by atoms with Gasteiger partial charge in [0.05, 0.1) is 23.0 Å². The lowest BCUT2D eigenvalue weighted by atomic mass is 9.90. The van der Waals surface area contributed by atoms with Crippen LogP contribution in [0.2, 0.25) is 0 Å². The second kappa shape index (κ2) is 4.21. The van der Waals surface area contributed by atoms with Gasteiger partial charge in [-0.2, -0.15) is 5.26 Å². The summed E-state index contributed by atoms with van der Waals surface area (Å²) in [5, 5.41) is 9.22. The van der Waals surface area contributed by atoms with Crippen LogP contribution in [0.5, 0.6) is 0 Å². The third kappa shape index (κ3) is 1.91. The second-order valence-electron chi connectivity index (χ2n) is 4.82. The Hall–Kier alpha value is -1.82. The highest BCUT2D eigenvalue weighted by Gasteiger charge is 2.16. The number of nitriles is 1. The Bertz CT molecular complexity index is 587. The molecule has 0 aliphatic rings. The van der Waals surface area contributed by atoms with Crippen molar-refractivity contribution in [2.45, 2.75) is 26.7 Å². The normalized spacial score (nSPS) is 12.9. The minimum atomic E-state index is -0.0467. The maximum Gasteiger partial charge on any atom is 0.106 e. The minimum absolute atomic E-state index is 0.0467. The van der Waals surface area contributed by atoms with Crippen molar-refractivity contribution in [3.8, 4) is 6.07 Å². The van der Waals surface area contributed by atoms with Gasteiger partial charge >= 0.3 is 0 Å². The van der Waals surface area contributed by atoms with Crippen LogP contribution in [0.4, 0.5) is 0 Å². The van der Waals surface area contributed by atoms with Crippen LogP contribution in [-0.2, 0) is 7.05 Å². The smallest absolute Gasteiger partial charge is 0.106 e. The lowest BCUT2D eigenvalue weighted by Gasteiger charge is -2.13. The summed E-state index contributed by atoms with van der Waals surface area (Å²) in [7, 11) is 2.01. The largest absolute Gasteiger partial charge is 0.331 e. The Kier molecular flexibility index (Phi) is 2.89. The molecule has 3 heteroatoms. The number of hydrogen-bond acceptors (Lipinski definition) is 2. The Labute approximate surface area is 102 Å². The fourth-order valence-electron chi connectivity index (χ4n) is 2.13. The predicted molar refractivity (Wildman–Crippen MR) is 68.6 cm³/mol. The molecule has 1 aromatic carbocycles. The van der Waals surface area contributed by atoms with Gasteiger partial charge in [0.2, 0.25) is 0 Å². The van der Waals surface area contributed by atoms with E-state index in [4.69, 9.17) is 0 Å². The zero-order valence-corrected chi connectivity index (χ0v) is 10.7. The van der Waals surface area contributed by atoms with E-state index in [9.17, 15) is 5.26 Å². The van der Waals surface area contributed by atoms with Gasteiger partial charge in [0.25, 0.3) is 0 Å². The number of nitrogens with zero attached hydrogens (tertiary/aromatic N) is 3. The number of imidazole rings is 1. The first kappa shape index (κ1) is 11.7. The van der Waals surface area contributed by atoms with E-state index in [0.717, 1.165) is 22.4 Å². The maximum atomic E-state index is 9.22. The van der Waals surface area contributed by atoms with E-state index in [2.05, 4.69) is 35.5 Å². The molecule has 0 spiro atoms. The molecule has 17 heavy (non-hydrogen) atoms. The monoisotopic (exact) mass is 227 g/mol. The van der Waals surface area contributed by atoms with Crippen molar-refractivity contribution in [3.63, 3.8) is 0 Å². The fraction of sp³-hybridized carbons (Fsp3) is 0.429. The molecule has 0 saturated heterocycles. The number of fused-ring (bicyclic) bond motifs is 1. The molecule has 1 aromatic heterocycles. The van der Waals surface area contributed by atoms with Crippen LogP contribution >= 0.6 is 0 Å². The molecular formula is C14H17N3.